The summed E-state index contributed by atoms with van der Waals surface area (Å²) in [5.74, 6) is -0.516. The Bertz CT molecular complexity index is 982. The van der Waals surface area contributed by atoms with E-state index in [0.29, 0.717) is 17.7 Å². The van der Waals surface area contributed by atoms with E-state index in [1.54, 1.807) is 23.1 Å². The van der Waals surface area contributed by atoms with Crippen LogP contribution in [0.3, 0.4) is 0 Å². The molecule has 4 nitrogen and oxygen atoms in total. The first-order valence-electron chi connectivity index (χ1n) is 10.7. The normalized spacial score (nSPS) is 19.0. The van der Waals surface area contributed by atoms with E-state index < -0.39 is 17.8 Å². The van der Waals surface area contributed by atoms with Crippen molar-refractivity contribution < 1.29 is 27.2 Å². The van der Waals surface area contributed by atoms with Crippen LogP contribution in [0.4, 0.5) is 17.6 Å². The zero-order valence-electron chi connectivity index (χ0n) is 17.4. The molecule has 0 saturated heterocycles. The lowest BCUT2D eigenvalue weighted by molar-refractivity contribution is -0.137. The van der Waals surface area contributed by atoms with E-state index in [4.69, 9.17) is 4.84 Å². The van der Waals surface area contributed by atoms with Crippen molar-refractivity contribution in [2.45, 2.75) is 50.9 Å². The molecule has 0 unspecified atom stereocenters. The van der Waals surface area contributed by atoms with Crippen molar-refractivity contribution in [1.82, 2.24) is 4.90 Å². The Morgan fingerprint density at radius 2 is 1.81 bits per heavy atom. The van der Waals surface area contributed by atoms with Gasteiger partial charge in [-0.25, -0.2) is 4.39 Å². The zero-order chi connectivity index (χ0) is 22.7. The molecule has 1 heterocycles. The van der Waals surface area contributed by atoms with Crippen LogP contribution >= 0.6 is 0 Å². The summed E-state index contributed by atoms with van der Waals surface area (Å²) < 4.78 is 52.6. The fourth-order valence-electron chi connectivity index (χ4n) is 4.31. The van der Waals surface area contributed by atoms with E-state index in [1.165, 1.54) is 18.2 Å². The third-order valence-electron chi connectivity index (χ3n) is 5.98. The molecule has 0 aromatic heterocycles. The number of halogens is 4. The molecule has 1 atom stereocenters. The van der Waals surface area contributed by atoms with Crippen LogP contribution in [0.2, 0.25) is 0 Å². The van der Waals surface area contributed by atoms with Crippen molar-refractivity contribution in [3.05, 3.63) is 71.0 Å². The van der Waals surface area contributed by atoms with Gasteiger partial charge in [-0.2, -0.15) is 13.2 Å². The average Bonchev–Trinajstić information content (AvgIpc) is 3.45. The van der Waals surface area contributed by atoms with E-state index in [0.717, 1.165) is 43.4 Å². The van der Waals surface area contributed by atoms with Gasteiger partial charge in [-0.05, 0) is 48.2 Å². The second-order valence-corrected chi connectivity index (χ2v) is 8.37. The molecule has 0 radical (unpaired) electrons. The first kappa shape index (κ1) is 22.3. The van der Waals surface area contributed by atoms with Crippen LogP contribution in [0.25, 0.3) is 0 Å². The largest absolute Gasteiger partial charge is 0.416 e. The number of oxime groups is 1. The molecule has 0 N–H and O–H groups in total. The summed E-state index contributed by atoms with van der Waals surface area (Å²) in [6, 6.07) is 11.0. The van der Waals surface area contributed by atoms with E-state index in [2.05, 4.69) is 5.16 Å². The van der Waals surface area contributed by atoms with Gasteiger partial charge in [0, 0.05) is 18.9 Å². The minimum atomic E-state index is -4.44. The summed E-state index contributed by atoms with van der Waals surface area (Å²) in [6.07, 6.45) is -0.879. The number of nitrogens with zero attached hydrogens (tertiary/aromatic N) is 2. The highest BCUT2D eigenvalue weighted by molar-refractivity contribution is 6.01. The summed E-state index contributed by atoms with van der Waals surface area (Å²) in [6.45, 7) is 0.296. The number of benzene rings is 2. The molecule has 0 spiro atoms. The lowest BCUT2D eigenvalue weighted by atomic mass is 10.0. The maximum absolute atomic E-state index is 13.2. The molecular formula is C24H24F4N2O2. The maximum atomic E-state index is 13.2. The van der Waals surface area contributed by atoms with Crippen molar-refractivity contribution >= 4 is 11.6 Å². The minimum Gasteiger partial charge on any atom is -0.390 e. The van der Waals surface area contributed by atoms with E-state index in [-0.39, 0.29) is 30.7 Å². The third-order valence-corrected chi connectivity index (χ3v) is 5.98. The van der Waals surface area contributed by atoms with Crippen LogP contribution in [-0.4, -0.2) is 29.2 Å². The lowest BCUT2D eigenvalue weighted by Gasteiger charge is -2.28. The number of rotatable bonds is 6. The molecule has 0 bridgehead atoms. The molecule has 2 aromatic rings. The Morgan fingerprint density at radius 1 is 1.09 bits per heavy atom. The smallest absolute Gasteiger partial charge is 0.390 e. The van der Waals surface area contributed by atoms with Gasteiger partial charge in [0.15, 0.2) is 6.10 Å². The third kappa shape index (κ3) is 5.29. The fraction of sp³-hybridized carbons (Fsp3) is 0.417. The van der Waals surface area contributed by atoms with Crippen molar-refractivity contribution in [1.29, 1.82) is 0 Å². The lowest BCUT2D eigenvalue weighted by Crippen LogP contribution is -2.40. The predicted molar refractivity (Wildman–Crippen MR) is 111 cm³/mol. The number of hydrogen-bond acceptors (Lipinski definition) is 3. The Hall–Kier alpha value is -2.90. The second kappa shape index (κ2) is 9.30. The molecule has 32 heavy (non-hydrogen) atoms. The van der Waals surface area contributed by atoms with Crippen LogP contribution in [0.5, 0.6) is 0 Å². The topological polar surface area (TPSA) is 41.9 Å². The summed E-state index contributed by atoms with van der Waals surface area (Å²) >= 11 is 0. The molecule has 1 aliphatic carbocycles. The van der Waals surface area contributed by atoms with Crippen molar-refractivity contribution in [2.24, 2.45) is 11.1 Å². The number of carbonyl (C=O) groups is 1. The predicted octanol–water partition coefficient (Wildman–Crippen LogP) is 5.56. The highest BCUT2D eigenvalue weighted by Gasteiger charge is 2.33. The second-order valence-electron chi connectivity index (χ2n) is 8.37. The monoisotopic (exact) mass is 448 g/mol. The number of amides is 1. The molecule has 2 aromatic carbocycles. The summed E-state index contributed by atoms with van der Waals surface area (Å²) in [4.78, 5) is 20.3. The van der Waals surface area contributed by atoms with Gasteiger partial charge in [-0.3, -0.25) is 4.79 Å². The molecule has 170 valence electrons. The maximum Gasteiger partial charge on any atom is 0.416 e. The Balaban J connectivity index is 1.48. The number of alkyl halides is 3. The standard InChI is InChI=1S/C24H24F4N2O2/c25-20-10-8-17(9-11-20)22-13-21(32-29-22)15-30(23(31)18-5-1-2-6-18)14-16-4-3-7-19(12-16)24(26,27)28/h3-4,7-12,18,21H,1-2,5-6,13-15H2/t21-/m0/s1. The summed E-state index contributed by atoms with van der Waals surface area (Å²) in [7, 11) is 0. The van der Waals surface area contributed by atoms with Gasteiger partial charge in [0.05, 0.1) is 17.8 Å². The van der Waals surface area contributed by atoms with Crippen molar-refractivity contribution in [2.75, 3.05) is 6.54 Å². The van der Waals surface area contributed by atoms with Crippen LogP contribution < -0.4 is 0 Å². The molecule has 1 saturated carbocycles. The molecule has 1 aliphatic heterocycles. The number of hydrogen-bond donors (Lipinski definition) is 0. The molecule has 1 amide bonds. The first-order valence-corrected chi connectivity index (χ1v) is 10.7. The van der Waals surface area contributed by atoms with Crippen molar-refractivity contribution in [3.8, 4) is 0 Å². The average molecular weight is 448 g/mol. The van der Waals surface area contributed by atoms with E-state index in [9.17, 15) is 22.4 Å². The quantitative estimate of drug-likeness (QED) is 0.544. The molecule has 2 aliphatic rings. The van der Waals surface area contributed by atoms with Gasteiger partial charge in [-0.1, -0.05) is 42.3 Å². The van der Waals surface area contributed by atoms with Gasteiger partial charge in [0.2, 0.25) is 5.91 Å². The van der Waals surface area contributed by atoms with E-state index >= 15 is 0 Å². The van der Waals surface area contributed by atoms with Crippen LogP contribution in [0.15, 0.2) is 53.7 Å². The highest BCUT2D eigenvalue weighted by Crippen LogP contribution is 2.31. The van der Waals surface area contributed by atoms with Gasteiger partial charge in [-0.15, -0.1) is 0 Å². The summed E-state index contributed by atoms with van der Waals surface area (Å²) in [5.41, 5.74) is 1.08. The fourth-order valence-corrected chi connectivity index (χ4v) is 4.31. The van der Waals surface area contributed by atoms with Gasteiger partial charge >= 0.3 is 6.18 Å². The minimum absolute atomic E-state index is 0.0567. The van der Waals surface area contributed by atoms with Gasteiger partial charge < -0.3 is 9.74 Å². The Morgan fingerprint density at radius 3 is 2.50 bits per heavy atom. The summed E-state index contributed by atoms with van der Waals surface area (Å²) in [5, 5.41) is 4.09. The van der Waals surface area contributed by atoms with Crippen molar-refractivity contribution in [3.63, 3.8) is 0 Å². The molecule has 8 heteroatoms. The Labute approximate surface area is 183 Å². The zero-order valence-corrected chi connectivity index (χ0v) is 17.4. The number of carbonyl (C=O) groups excluding carboxylic acids is 1. The molecular weight excluding hydrogens is 424 g/mol. The van der Waals surface area contributed by atoms with Crippen LogP contribution in [-0.2, 0) is 22.4 Å². The highest BCUT2D eigenvalue weighted by atomic mass is 19.4. The SMILES string of the molecule is O=C(C1CCCC1)N(Cc1cccc(C(F)(F)F)c1)C[C@@H]1CC(c2ccc(F)cc2)=NO1. The van der Waals surface area contributed by atoms with Crippen LogP contribution in [0, 0.1) is 11.7 Å². The molecule has 4 rings (SSSR count). The van der Waals surface area contributed by atoms with Gasteiger partial charge in [0.1, 0.15) is 5.82 Å². The van der Waals surface area contributed by atoms with Crippen LogP contribution in [0.1, 0.15) is 48.8 Å². The molecule has 1 fully saturated rings. The van der Waals surface area contributed by atoms with E-state index in [1.807, 2.05) is 0 Å². The van der Waals surface area contributed by atoms with Gasteiger partial charge in [0.25, 0.3) is 0 Å². The Kier molecular flexibility index (Phi) is 6.48. The first-order chi connectivity index (χ1) is 15.3.